The maximum Gasteiger partial charge on any atom is 0.161 e. The number of aromatic hydroxyl groups is 1. The van der Waals surface area contributed by atoms with Gasteiger partial charge in [0.2, 0.25) is 0 Å². The quantitative estimate of drug-likeness (QED) is 0.806. The second-order valence-electron chi connectivity index (χ2n) is 4.95. The molecule has 0 saturated heterocycles. The van der Waals surface area contributed by atoms with Crippen molar-refractivity contribution in [2.24, 2.45) is 5.73 Å². The summed E-state index contributed by atoms with van der Waals surface area (Å²) >= 11 is 0. The Kier molecular flexibility index (Phi) is 3.57. The van der Waals surface area contributed by atoms with Crippen LogP contribution in [-0.4, -0.2) is 18.5 Å². The molecule has 1 saturated carbocycles. The van der Waals surface area contributed by atoms with Crippen LogP contribution in [0.2, 0.25) is 0 Å². The van der Waals surface area contributed by atoms with E-state index in [4.69, 9.17) is 10.5 Å². The fraction of sp³-hybridized carbons (Fsp3) is 0.500. The first-order chi connectivity index (χ1) is 8.60. The molecule has 1 aliphatic rings. The van der Waals surface area contributed by atoms with E-state index in [9.17, 15) is 9.90 Å². The first-order valence-corrected chi connectivity index (χ1v) is 6.26. The number of phenols is 1. The molecule has 0 bridgehead atoms. The van der Waals surface area contributed by atoms with Crippen LogP contribution in [0.4, 0.5) is 0 Å². The Morgan fingerprint density at radius 3 is 2.56 bits per heavy atom. The summed E-state index contributed by atoms with van der Waals surface area (Å²) in [7, 11) is 1.46. The Labute approximate surface area is 107 Å². The molecule has 18 heavy (non-hydrogen) atoms. The standard InChI is InChI=1S/C14H19NO3/c1-18-13-7-10(9-16)11(8-12(13)17)14(15)5-3-2-4-6-14/h7-9,17H,2-6,15H2,1H3. The molecule has 3 N–H and O–H groups in total. The highest BCUT2D eigenvalue weighted by Crippen LogP contribution is 2.40. The summed E-state index contributed by atoms with van der Waals surface area (Å²) < 4.78 is 5.01. The molecule has 4 heteroatoms. The van der Waals surface area contributed by atoms with E-state index in [1.54, 1.807) is 12.1 Å². The predicted molar refractivity (Wildman–Crippen MR) is 69.0 cm³/mol. The zero-order chi connectivity index (χ0) is 13.2. The Morgan fingerprint density at radius 2 is 2.00 bits per heavy atom. The summed E-state index contributed by atoms with van der Waals surface area (Å²) in [6, 6.07) is 3.13. The lowest BCUT2D eigenvalue weighted by molar-refractivity contribution is 0.111. The van der Waals surface area contributed by atoms with Crippen LogP contribution >= 0.6 is 0 Å². The fourth-order valence-electron chi connectivity index (χ4n) is 2.73. The summed E-state index contributed by atoms with van der Waals surface area (Å²) in [5.41, 5.74) is 7.14. The maximum atomic E-state index is 11.2. The molecule has 0 atom stereocenters. The largest absolute Gasteiger partial charge is 0.504 e. The van der Waals surface area contributed by atoms with Crippen LogP contribution in [0, 0.1) is 0 Å². The van der Waals surface area contributed by atoms with E-state index in [1.165, 1.54) is 13.5 Å². The van der Waals surface area contributed by atoms with Gasteiger partial charge < -0.3 is 15.6 Å². The van der Waals surface area contributed by atoms with Crippen LogP contribution in [-0.2, 0) is 5.54 Å². The van der Waals surface area contributed by atoms with E-state index in [0.717, 1.165) is 37.5 Å². The monoisotopic (exact) mass is 249 g/mol. The lowest BCUT2D eigenvalue weighted by atomic mass is 9.76. The molecule has 0 radical (unpaired) electrons. The van der Waals surface area contributed by atoms with E-state index in [1.807, 2.05) is 0 Å². The second kappa shape index (κ2) is 4.98. The number of carbonyl (C=O) groups is 1. The molecule has 1 aromatic rings. The van der Waals surface area contributed by atoms with Crippen molar-refractivity contribution in [1.82, 2.24) is 0 Å². The van der Waals surface area contributed by atoms with Crippen LogP contribution in [0.1, 0.15) is 48.0 Å². The van der Waals surface area contributed by atoms with E-state index >= 15 is 0 Å². The number of aldehydes is 1. The van der Waals surface area contributed by atoms with Crippen molar-refractivity contribution in [1.29, 1.82) is 0 Å². The fourth-order valence-corrected chi connectivity index (χ4v) is 2.73. The maximum absolute atomic E-state index is 11.2. The Bertz CT molecular complexity index is 451. The molecule has 1 aromatic carbocycles. The van der Waals surface area contributed by atoms with Gasteiger partial charge in [-0.25, -0.2) is 0 Å². The molecular weight excluding hydrogens is 230 g/mol. The van der Waals surface area contributed by atoms with Gasteiger partial charge in [-0.15, -0.1) is 0 Å². The van der Waals surface area contributed by atoms with E-state index in [0.29, 0.717) is 11.3 Å². The summed E-state index contributed by atoms with van der Waals surface area (Å²) in [5, 5.41) is 9.86. The molecule has 0 spiro atoms. The van der Waals surface area contributed by atoms with Crippen LogP contribution in [0.5, 0.6) is 11.5 Å². The predicted octanol–water partition coefficient (Wildman–Crippen LogP) is 2.33. The Hall–Kier alpha value is -1.55. The lowest BCUT2D eigenvalue weighted by Crippen LogP contribution is -2.39. The number of ether oxygens (including phenoxy) is 1. The second-order valence-corrected chi connectivity index (χ2v) is 4.95. The highest BCUT2D eigenvalue weighted by Gasteiger charge is 2.32. The van der Waals surface area contributed by atoms with Gasteiger partial charge in [0.05, 0.1) is 7.11 Å². The highest BCUT2D eigenvalue weighted by molar-refractivity contribution is 5.80. The summed E-state index contributed by atoms with van der Waals surface area (Å²) in [6.45, 7) is 0. The van der Waals surface area contributed by atoms with Gasteiger partial charge in [-0.1, -0.05) is 19.3 Å². The molecule has 1 aliphatic carbocycles. The third-order valence-corrected chi connectivity index (χ3v) is 3.76. The number of hydrogen-bond donors (Lipinski definition) is 2. The van der Waals surface area contributed by atoms with Gasteiger partial charge in [-0.3, -0.25) is 4.79 Å². The summed E-state index contributed by atoms with van der Waals surface area (Å²) in [6.07, 6.45) is 5.76. The van der Waals surface area contributed by atoms with Gasteiger partial charge in [0.25, 0.3) is 0 Å². The van der Waals surface area contributed by atoms with Crippen molar-refractivity contribution in [3.63, 3.8) is 0 Å². The molecule has 0 aliphatic heterocycles. The van der Waals surface area contributed by atoms with Crippen LogP contribution < -0.4 is 10.5 Å². The van der Waals surface area contributed by atoms with Crippen molar-refractivity contribution in [2.45, 2.75) is 37.6 Å². The third kappa shape index (κ3) is 2.20. The summed E-state index contributed by atoms with van der Waals surface area (Å²) in [5.74, 6) is 0.341. The zero-order valence-electron chi connectivity index (χ0n) is 10.6. The lowest BCUT2D eigenvalue weighted by Gasteiger charge is -2.35. The van der Waals surface area contributed by atoms with Gasteiger partial charge in [0.1, 0.15) is 0 Å². The first kappa shape index (κ1) is 12.9. The molecule has 98 valence electrons. The average Bonchev–Trinajstić information content (AvgIpc) is 2.39. The molecule has 0 amide bonds. The molecule has 0 unspecified atom stereocenters. The molecule has 1 fully saturated rings. The van der Waals surface area contributed by atoms with Crippen LogP contribution in [0.3, 0.4) is 0 Å². The highest BCUT2D eigenvalue weighted by atomic mass is 16.5. The van der Waals surface area contributed by atoms with Gasteiger partial charge in [0, 0.05) is 11.1 Å². The van der Waals surface area contributed by atoms with Crippen LogP contribution in [0.15, 0.2) is 12.1 Å². The van der Waals surface area contributed by atoms with E-state index < -0.39 is 5.54 Å². The number of phenolic OH excluding ortho intramolecular Hbond substituents is 1. The molecule has 0 heterocycles. The molecule has 0 aromatic heterocycles. The van der Waals surface area contributed by atoms with Gasteiger partial charge in [-0.2, -0.15) is 0 Å². The summed E-state index contributed by atoms with van der Waals surface area (Å²) in [4.78, 5) is 11.2. The van der Waals surface area contributed by atoms with Crippen LogP contribution in [0.25, 0.3) is 0 Å². The first-order valence-electron chi connectivity index (χ1n) is 6.26. The smallest absolute Gasteiger partial charge is 0.161 e. The Balaban J connectivity index is 2.48. The molecule has 2 rings (SSSR count). The van der Waals surface area contributed by atoms with E-state index in [2.05, 4.69) is 0 Å². The van der Waals surface area contributed by atoms with Crippen molar-refractivity contribution in [2.75, 3.05) is 7.11 Å². The number of carbonyl (C=O) groups excluding carboxylic acids is 1. The minimum absolute atomic E-state index is 0.0356. The molecular formula is C14H19NO3. The number of nitrogens with two attached hydrogens (primary N) is 1. The van der Waals surface area contributed by atoms with Crippen molar-refractivity contribution in [3.05, 3.63) is 23.3 Å². The normalized spacial score (nSPS) is 18.3. The van der Waals surface area contributed by atoms with Crippen molar-refractivity contribution < 1.29 is 14.6 Å². The number of methoxy groups -OCH3 is 1. The number of rotatable bonds is 3. The minimum atomic E-state index is -0.502. The van der Waals surface area contributed by atoms with Gasteiger partial charge in [0.15, 0.2) is 17.8 Å². The zero-order valence-corrected chi connectivity index (χ0v) is 10.6. The average molecular weight is 249 g/mol. The Morgan fingerprint density at radius 1 is 1.33 bits per heavy atom. The van der Waals surface area contributed by atoms with E-state index in [-0.39, 0.29) is 5.75 Å². The van der Waals surface area contributed by atoms with Crippen molar-refractivity contribution in [3.8, 4) is 11.5 Å². The molecule has 4 nitrogen and oxygen atoms in total. The van der Waals surface area contributed by atoms with Gasteiger partial charge >= 0.3 is 0 Å². The van der Waals surface area contributed by atoms with Gasteiger partial charge in [-0.05, 0) is 30.5 Å². The topological polar surface area (TPSA) is 72.5 Å². The number of benzene rings is 1. The van der Waals surface area contributed by atoms with Crippen molar-refractivity contribution >= 4 is 6.29 Å². The minimum Gasteiger partial charge on any atom is -0.504 e. The number of hydrogen-bond acceptors (Lipinski definition) is 4. The third-order valence-electron chi connectivity index (χ3n) is 3.76. The SMILES string of the molecule is COc1cc(C=O)c(C2(N)CCCCC2)cc1O.